The predicted octanol–water partition coefficient (Wildman–Crippen LogP) is 2.70. The smallest absolute Gasteiger partial charge is 0.155 e. The summed E-state index contributed by atoms with van der Waals surface area (Å²) in [6.45, 7) is 4.38. The van der Waals surface area contributed by atoms with Gasteiger partial charge in [-0.05, 0) is 32.4 Å². The lowest BCUT2D eigenvalue weighted by atomic mass is 9.94. The second-order valence-electron chi connectivity index (χ2n) is 5.70. The molecule has 4 rings (SSSR count). The van der Waals surface area contributed by atoms with Crippen LogP contribution in [0.5, 0.6) is 0 Å². The monoisotopic (exact) mass is 299 g/mol. The standard InChI is InChI=1S/C15H17N5S/c1-15(13-3-6-17-14-4-7-18-20(13)14)5-2-8-19(15)10-12-9-16-11-21-12/h3-4,6-7,9,11H,2,5,8,10H2,1H3/t15-/m1/s1. The Morgan fingerprint density at radius 3 is 3.14 bits per heavy atom. The van der Waals surface area contributed by atoms with E-state index in [2.05, 4.69) is 33.0 Å². The van der Waals surface area contributed by atoms with Crippen LogP contribution in [0.15, 0.2) is 36.2 Å². The Morgan fingerprint density at radius 1 is 1.33 bits per heavy atom. The Labute approximate surface area is 127 Å². The number of likely N-dealkylation sites (tertiary alicyclic amines) is 1. The van der Waals surface area contributed by atoms with Crippen molar-refractivity contribution in [3.63, 3.8) is 0 Å². The molecular weight excluding hydrogens is 282 g/mol. The molecule has 6 heteroatoms. The molecule has 0 saturated carbocycles. The summed E-state index contributed by atoms with van der Waals surface area (Å²) in [5.74, 6) is 0. The van der Waals surface area contributed by atoms with E-state index in [1.165, 1.54) is 17.0 Å². The number of hydrogen-bond donors (Lipinski definition) is 0. The number of hydrogen-bond acceptors (Lipinski definition) is 5. The fraction of sp³-hybridized carbons (Fsp3) is 0.400. The summed E-state index contributed by atoms with van der Waals surface area (Å²) in [6, 6.07) is 4.06. The van der Waals surface area contributed by atoms with Crippen molar-refractivity contribution in [2.24, 2.45) is 0 Å². The van der Waals surface area contributed by atoms with Crippen LogP contribution in [0.25, 0.3) is 5.65 Å². The Bertz CT molecular complexity index is 750. The first-order valence-corrected chi connectivity index (χ1v) is 8.07. The topological polar surface area (TPSA) is 46.3 Å². The predicted molar refractivity (Wildman–Crippen MR) is 82.1 cm³/mol. The van der Waals surface area contributed by atoms with E-state index in [9.17, 15) is 0 Å². The average molecular weight is 299 g/mol. The molecule has 0 bridgehead atoms. The van der Waals surface area contributed by atoms with Crippen molar-refractivity contribution >= 4 is 17.0 Å². The van der Waals surface area contributed by atoms with E-state index in [4.69, 9.17) is 0 Å². The van der Waals surface area contributed by atoms with Crippen molar-refractivity contribution in [2.75, 3.05) is 6.54 Å². The summed E-state index contributed by atoms with van der Waals surface area (Å²) in [5, 5.41) is 4.46. The second kappa shape index (κ2) is 4.89. The molecule has 0 spiro atoms. The molecule has 5 nitrogen and oxygen atoms in total. The largest absolute Gasteiger partial charge is 0.287 e. The molecule has 0 N–H and O–H groups in total. The SMILES string of the molecule is C[C@]1(c2ccnc3ccnn23)CCCN1Cc1cncs1. The minimum atomic E-state index is -0.00278. The van der Waals surface area contributed by atoms with Gasteiger partial charge in [0.05, 0.1) is 22.9 Å². The minimum Gasteiger partial charge on any atom is -0.287 e. The summed E-state index contributed by atoms with van der Waals surface area (Å²) in [4.78, 5) is 12.4. The van der Waals surface area contributed by atoms with Gasteiger partial charge in [-0.2, -0.15) is 5.10 Å². The zero-order valence-electron chi connectivity index (χ0n) is 11.9. The van der Waals surface area contributed by atoms with Gasteiger partial charge in [0.15, 0.2) is 5.65 Å². The molecule has 1 atom stereocenters. The summed E-state index contributed by atoms with van der Waals surface area (Å²) in [5.41, 5.74) is 4.04. The van der Waals surface area contributed by atoms with E-state index in [1.807, 2.05) is 34.7 Å². The molecule has 3 aromatic rings. The lowest BCUT2D eigenvalue weighted by Crippen LogP contribution is -2.39. The van der Waals surface area contributed by atoms with Crippen LogP contribution in [0.3, 0.4) is 0 Å². The molecule has 1 fully saturated rings. The highest BCUT2D eigenvalue weighted by Gasteiger charge is 2.40. The highest BCUT2D eigenvalue weighted by molar-refractivity contribution is 7.09. The molecule has 21 heavy (non-hydrogen) atoms. The van der Waals surface area contributed by atoms with Gasteiger partial charge < -0.3 is 0 Å². The van der Waals surface area contributed by atoms with Crippen molar-refractivity contribution in [2.45, 2.75) is 31.8 Å². The van der Waals surface area contributed by atoms with E-state index < -0.39 is 0 Å². The van der Waals surface area contributed by atoms with E-state index in [-0.39, 0.29) is 5.54 Å². The molecular formula is C15H17N5S. The molecule has 0 aromatic carbocycles. The van der Waals surface area contributed by atoms with Crippen molar-refractivity contribution in [3.05, 3.63) is 46.8 Å². The third-order valence-electron chi connectivity index (χ3n) is 4.46. The first-order valence-electron chi connectivity index (χ1n) is 7.19. The van der Waals surface area contributed by atoms with Crippen molar-refractivity contribution in [1.82, 2.24) is 24.5 Å². The van der Waals surface area contributed by atoms with Crippen LogP contribution in [0.4, 0.5) is 0 Å². The average Bonchev–Trinajstić information content (AvgIpc) is 3.21. The third-order valence-corrected chi connectivity index (χ3v) is 5.23. The Balaban J connectivity index is 1.75. The Hall–Kier alpha value is -1.79. The summed E-state index contributed by atoms with van der Waals surface area (Å²) in [6.07, 6.45) is 8.03. The number of nitrogens with zero attached hydrogens (tertiary/aromatic N) is 5. The molecule has 0 radical (unpaired) electrons. The summed E-state index contributed by atoms with van der Waals surface area (Å²) in [7, 11) is 0. The molecule has 108 valence electrons. The maximum Gasteiger partial charge on any atom is 0.155 e. The quantitative estimate of drug-likeness (QED) is 0.746. The Kier molecular flexibility index (Phi) is 3.01. The third kappa shape index (κ3) is 2.06. The Morgan fingerprint density at radius 2 is 2.29 bits per heavy atom. The van der Waals surface area contributed by atoms with Gasteiger partial charge >= 0.3 is 0 Å². The van der Waals surface area contributed by atoms with Gasteiger partial charge in [-0.15, -0.1) is 11.3 Å². The van der Waals surface area contributed by atoms with Crippen LogP contribution in [0.1, 0.15) is 30.3 Å². The van der Waals surface area contributed by atoms with Crippen molar-refractivity contribution in [1.29, 1.82) is 0 Å². The molecule has 0 aliphatic carbocycles. The number of thiazole rings is 1. The van der Waals surface area contributed by atoms with Gasteiger partial charge in [-0.1, -0.05) is 0 Å². The summed E-state index contributed by atoms with van der Waals surface area (Å²) < 4.78 is 1.98. The van der Waals surface area contributed by atoms with Crippen LogP contribution in [0.2, 0.25) is 0 Å². The molecule has 0 unspecified atom stereocenters. The fourth-order valence-corrected chi connectivity index (χ4v) is 3.92. The fourth-order valence-electron chi connectivity index (χ4n) is 3.31. The van der Waals surface area contributed by atoms with Crippen LogP contribution in [-0.2, 0) is 12.1 Å². The van der Waals surface area contributed by atoms with Gasteiger partial charge in [-0.3, -0.25) is 9.88 Å². The zero-order valence-corrected chi connectivity index (χ0v) is 12.8. The van der Waals surface area contributed by atoms with E-state index in [0.717, 1.165) is 25.2 Å². The molecule has 0 amide bonds. The summed E-state index contributed by atoms with van der Waals surface area (Å²) >= 11 is 1.72. The maximum absolute atomic E-state index is 4.46. The number of aromatic nitrogens is 4. The van der Waals surface area contributed by atoms with Crippen LogP contribution < -0.4 is 0 Å². The molecule has 3 aromatic heterocycles. The van der Waals surface area contributed by atoms with Gasteiger partial charge in [-0.25, -0.2) is 9.50 Å². The molecule has 1 saturated heterocycles. The van der Waals surface area contributed by atoms with Crippen LogP contribution in [0, 0.1) is 0 Å². The minimum absolute atomic E-state index is 0.00278. The van der Waals surface area contributed by atoms with E-state index in [1.54, 1.807) is 11.3 Å². The molecule has 1 aliphatic rings. The molecule has 1 aliphatic heterocycles. The van der Waals surface area contributed by atoms with Gasteiger partial charge in [0.2, 0.25) is 0 Å². The highest BCUT2D eigenvalue weighted by Crippen LogP contribution is 2.39. The molecule has 4 heterocycles. The maximum atomic E-state index is 4.46. The first kappa shape index (κ1) is 12.9. The van der Waals surface area contributed by atoms with Crippen molar-refractivity contribution < 1.29 is 0 Å². The zero-order chi connectivity index (χ0) is 14.3. The second-order valence-corrected chi connectivity index (χ2v) is 6.67. The van der Waals surface area contributed by atoms with Crippen LogP contribution in [-0.4, -0.2) is 31.0 Å². The van der Waals surface area contributed by atoms with E-state index in [0.29, 0.717) is 0 Å². The van der Waals surface area contributed by atoms with Crippen molar-refractivity contribution in [3.8, 4) is 0 Å². The van der Waals surface area contributed by atoms with Gasteiger partial charge in [0, 0.05) is 29.9 Å². The lowest BCUT2D eigenvalue weighted by Gasteiger charge is -2.35. The normalized spacial score (nSPS) is 23.1. The number of rotatable bonds is 3. The van der Waals surface area contributed by atoms with Gasteiger partial charge in [0.1, 0.15) is 0 Å². The van der Waals surface area contributed by atoms with E-state index >= 15 is 0 Å². The highest BCUT2D eigenvalue weighted by atomic mass is 32.1. The first-order chi connectivity index (χ1) is 10.3. The van der Waals surface area contributed by atoms with Gasteiger partial charge in [0.25, 0.3) is 0 Å². The lowest BCUT2D eigenvalue weighted by molar-refractivity contribution is 0.141. The van der Waals surface area contributed by atoms with Crippen LogP contribution >= 0.6 is 11.3 Å². The number of fused-ring (bicyclic) bond motifs is 1.